The minimum Gasteiger partial charge on any atom is -0.333 e. The zero-order valence-corrected chi connectivity index (χ0v) is 9.70. The van der Waals surface area contributed by atoms with E-state index >= 15 is 0 Å². The van der Waals surface area contributed by atoms with Crippen LogP contribution in [0.25, 0.3) is 11.0 Å². The van der Waals surface area contributed by atoms with Gasteiger partial charge in [0.15, 0.2) is 0 Å². The van der Waals surface area contributed by atoms with Crippen LogP contribution < -0.4 is 0 Å². The number of hydrogen-bond donors (Lipinski definition) is 0. The van der Waals surface area contributed by atoms with Gasteiger partial charge in [-0.1, -0.05) is 26.0 Å². The summed E-state index contributed by atoms with van der Waals surface area (Å²) in [5.74, 6) is 0.657. The summed E-state index contributed by atoms with van der Waals surface area (Å²) in [7, 11) is 2.07. The van der Waals surface area contributed by atoms with E-state index in [2.05, 4.69) is 48.6 Å². The maximum atomic E-state index is 4.39. The van der Waals surface area contributed by atoms with E-state index in [1.807, 2.05) is 6.33 Å². The highest BCUT2D eigenvalue weighted by Gasteiger charge is 2.12. The summed E-state index contributed by atoms with van der Waals surface area (Å²) in [6.07, 6.45) is 4.29. The van der Waals surface area contributed by atoms with Crippen LogP contribution >= 0.6 is 0 Å². The zero-order valence-electron chi connectivity index (χ0n) is 9.70. The van der Waals surface area contributed by atoms with Gasteiger partial charge in [0.2, 0.25) is 0 Å². The zero-order chi connectivity index (χ0) is 10.8. The first-order valence-corrected chi connectivity index (χ1v) is 5.67. The Morgan fingerprint density at radius 1 is 1.27 bits per heavy atom. The summed E-state index contributed by atoms with van der Waals surface area (Å²) < 4.78 is 2.13. The Labute approximate surface area is 90.9 Å². The summed E-state index contributed by atoms with van der Waals surface area (Å²) in [5, 5.41) is 0. The third-order valence-electron chi connectivity index (χ3n) is 3.19. The molecule has 2 heteroatoms. The summed E-state index contributed by atoms with van der Waals surface area (Å²) >= 11 is 0. The molecule has 15 heavy (non-hydrogen) atoms. The van der Waals surface area contributed by atoms with Gasteiger partial charge in [0.1, 0.15) is 0 Å². The topological polar surface area (TPSA) is 17.8 Å². The molecule has 2 rings (SSSR count). The van der Waals surface area contributed by atoms with Gasteiger partial charge in [0, 0.05) is 7.05 Å². The molecule has 1 heterocycles. The molecule has 0 N–H and O–H groups in total. The lowest BCUT2D eigenvalue weighted by Gasteiger charge is -2.14. The van der Waals surface area contributed by atoms with Crippen LogP contribution in [0.4, 0.5) is 0 Å². The highest BCUT2D eigenvalue weighted by atomic mass is 15.0. The predicted molar refractivity (Wildman–Crippen MR) is 64.0 cm³/mol. The van der Waals surface area contributed by atoms with E-state index in [0.717, 1.165) is 5.52 Å². The second-order valence-electron chi connectivity index (χ2n) is 4.08. The second-order valence-corrected chi connectivity index (χ2v) is 4.08. The number of fused-ring (bicyclic) bond motifs is 1. The number of hydrogen-bond acceptors (Lipinski definition) is 1. The molecular weight excluding hydrogens is 184 g/mol. The second kappa shape index (κ2) is 4.05. The summed E-state index contributed by atoms with van der Waals surface area (Å²) in [4.78, 5) is 4.39. The number of imidazole rings is 1. The molecule has 0 aliphatic carbocycles. The molecule has 0 radical (unpaired) electrons. The van der Waals surface area contributed by atoms with E-state index in [9.17, 15) is 0 Å². The standard InChI is InChI=1S/C13H18N2/c1-4-10(5-2)11-7-6-8-12-13(11)15(3)9-14-12/h6-10H,4-5H2,1-3H3. The average Bonchev–Trinajstić information content (AvgIpc) is 2.63. The Bertz CT molecular complexity index is 453. The molecule has 0 aliphatic rings. The van der Waals surface area contributed by atoms with Crippen LogP contribution in [0.15, 0.2) is 24.5 Å². The summed E-state index contributed by atoms with van der Waals surface area (Å²) in [6.45, 7) is 4.51. The van der Waals surface area contributed by atoms with Gasteiger partial charge in [0.25, 0.3) is 0 Å². The quantitative estimate of drug-likeness (QED) is 0.745. The highest BCUT2D eigenvalue weighted by Crippen LogP contribution is 2.29. The molecule has 0 saturated heterocycles. The number of para-hydroxylation sites is 1. The number of aryl methyl sites for hydroxylation is 1. The summed E-state index contributed by atoms with van der Waals surface area (Å²) in [5.41, 5.74) is 3.85. The van der Waals surface area contributed by atoms with Crippen molar-refractivity contribution in [3.63, 3.8) is 0 Å². The van der Waals surface area contributed by atoms with Crippen molar-refractivity contribution >= 4 is 11.0 Å². The third kappa shape index (κ3) is 1.65. The first-order chi connectivity index (χ1) is 7.27. The minimum atomic E-state index is 0.657. The van der Waals surface area contributed by atoms with Gasteiger partial charge in [-0.05, 0) is 30.4 Å². The molecule has 0 amide bonds. The molecule has 2 aromatic rings. The van der Waals surface area contributed by atoms with E-state index < -0.39 is 0 Å². The number of rotatable bonds is 3. The van der Waals surface area contributed by atoms with Gasteiger partial charge in [-0.15, -0.1) is 0 Å². The fourth-order valence-electron chi connectivity index (χ4n) is 2.30. The maximum Gasteiger partial charge on any atom is 0.0955 e. The van der Waals surface area contributed by atoms with Crippen molar-refractivity contribution in [2.24, 2.45) is 7.05 Å². The number of aromatic nitrogens is 2. The van der Waals surface area contributed by atoms with Gasteiger partial charge >= 0.3 is 0 Å². The fourth-order valence-corrected chi connectivity index (χ4v) is 2.30. The largest absolute Gasteiger partial charge is 0.333 e. The Kier molecular flexibility index (Phi) is 2.76. The first kappa shape index (κ1) is 10.2. The first-order valence-electron chi connectivity index (χ1n) is 5.67. The van der Waals surface area contributed by atoms with Crippen LogP contribution in [-0.2, 0) is 7.05 Å². The molecule has 0 spiro atoms. The van der Waals surface area contributed by atoms with E-state index in [0.29, 0.717) is 5.92 Å². The molecule has 0 fully saturated rings. The molecule has 1 aromatic carbocycles. The van der Waals surface area contributed by atoms with Crippen molar-refractivity contribution in [2.45, 2.75) is 32.6 Å². The van der Waals surface area contributed by atoms with Crippen molar-refractivity contribution in [1.82, 2.24) is 9.55 Å². The SMILES string of the molecule is CCC(CC)c1cccc2ncn(C)c12. The molecule has 0 bridgehead atoms. The number of nitrogens with zero attached hydrogens (tertiary/aromatic N) is 2. The van der Waals surface area contributed by atoms with E-state index in [4.69, 9.17) is 0 Å². The lowest BCUT2D eigenvalue weighted by molar-refractivity contribution is 0.643. The molecule has 80 valence electrons. The predicted octanol–water partition coefficient (Wildman–Crippen LogP) is 3.48. The van der Waals surface area contributed by atoms with Crippen molar-refractivity contribution in [3.05, 3.63) is 30.1 Å². The van der Waals surface area contributed by atoms with E-state index in [1.165, 1.54) is 23.9 Å². The van der Waals surface area contributed by atoms with Crippen LogP contribution in [0.5, 0.6) is 0 Å². The molecular formula is C13H18N2. The van der Waals surface area contributed by atoms with Crippen LogP contribution in [0.1, 0.15) is 38.2 Å². The van der Waals surface area contributed by atoms with Gasteiger partial charge in [0.05, 0.1) is 17.4 Å². The smallest absolute Gasteiger partial charge is 0.0955 e. The van der Waals surface area contributed by atoms with Crippen molar-refractivity contribution < 1.29 is 0 Å². The van der Waals surface area contributed by atoms with E-state index in [1.54, 1.807) is 0 Å². The van der Waals surface area contributed by atoms with Gasteiger partial charge in [-0.25, -0.2) is 4.98 Å². The van der Waals surface area contributed by atoms with Crippen molar-refractivity contribution in [3.8, 4) is 0 Å². The van der Waals surface area contributed by atoms with Crippen LogP contribution in [-0.4, -0.2) is 9.55 Å². The Morgan fingerprint density at radius 3 is 2.67 bits per heavy atom. The molecule has 0 unspecified atom stereocenters. The monoisotopic (exact) mass is 202 g/mol. The average molecular weight is 202 g/mol. The van der Waals surface area contributed by atoms with E-state index in [-0.39, 0.29) is 0 Å². The van der Waals surface area contributed by atoms with Gasteiger partial charge in [-0.3, -0.25) is 0 Å². The Balaban J connectivity index is 2.63. The van der Waals surface area contributed by atoms with Crippen molar-refractivity contribution in [2.75, 3.05) is 0 Å². The highest BCUT2D eigenvalue weighted by molar-refractivity contribution is 5.79. The van der Waals surface area contributed by atoms with Crippen LogP contribution in [0.3, 0.4) is 0 Å². The number of benzene rings is 1. The van der Waals surface area contributed by atoms with Gasteiger partial charge in [-0.2, -0.15) is 0 Å². The van der Waals surface area contributed by atoms with Crippen molar-refractivity contribution in [1.29, 1.82) is 0 Å². The Hall–Kier alpha value is -1.31. The molecule has 1 aromatic heterocycles. The normalized spacial score (nSPS) is 11.5. The van der Waals surface area contributed by atoms with Gasteiger partial charge < -0.3 is 4.57 Å². The summed E-state index contributed by atoms with van der Waals surface area (Å²) in [6, 6.07) is 6.44. The maximum absolute atomic E-state index is 4.39. The minimum absolute atomic E-state index is 0.657. The lowest BCUT2D eigenvalue weighted by atomic mass is 9.93. The molecule has 0 aliphatic heterocycles. The lowest BCUT2D eigenvalue weighted by Crippen LogP contribution is -1.99. The van der Waals surface area contributed by atoms with Crippen LogP contribution in [0.2, 0.25) is 0 Å². The third-order valence-corrected chi connectivity index (χ3v) is 3.19. The Morgan fingerprint density at radius 2 is 2.00 bits per heavy atom. The molecule has 0 atom stereocenters. The fraction of sp³-hybridized carbons (Fsp3) is 0.462. The molecule has 2 nitrogen and oxygen atoms in total. The van der Waals surface area contributed by atoms with Crippen LogP contribution in [0, 0.1) is 0 Å². The molecule has 0 saturated carbocycles.